The van der Waals surface area contributed by atoms with Gasteiger partial charge in [-0.3, -0.25) is 4.79 Å². The molecule has 0 bridgehead atoms. The summed E-state index contributed by atoms with van der Waals surface area (Å²) in [7, 11) is 2.15. The number of ketones is 1. The van der Waals surface area contributed by atoms with Crippen molar-refractivity contribution in [3.05, 3.63) is 52.6 Å². The predicted octanol–water partition coefficient (Wildman–Crippen LogP) is 7.21. The summed E-state index contributed by atoms with van der Waals surface area (Å²) in [5.41, 5.74) is 5.53. The first kappa shape index (κ1) is 26.3. The van der Waals surface area contributed by atoms with Crippen LogP contribution in [0.2, 0.25) is 0 Å². The summed E-state index contributed by atoms with van der Waals surface area (Å²) in [6.45, 7) is 13.1. The third kappa shape index (κ3) is 4.50. The normalized spacial score (nSPS) is 33.3. The van der Waals surface area contributed by atoms with Gasteiger partial charge in [0.25, 0.3) is 0 Å². The molecule has 2 saturated carbocycles. The van der Waals surface area contributed by atoms with Crippen LogP contribution in [0.3, 0.4) is 0 Å². The number of allylic oxidation sites excluding steroid dienone is 4. The second kappa shape index (κ2) is 9.16. The Kier molecular flexibility index (Phi) is 6.51. The maximum atomic E-state index is 12.3. The first-order valence-corrected chi connectivity index (χ1v) is 14.4. The van der Waals surface area contributed by atoms with E-state index >= 15 is 0 Å². The van der Waals surface area contributed by atoms with Crippen molar-refractivity contribution in [2.75, 3.05) is 11.9 Å². The molecule has 4 aliphatic carbocycles. The largest absolute Gasteiger partial charge is 0.377 e. The summed E-state index contributed by atoms with van der Waals surface area (Å²) in [6, 6.07) is 9.58. The van der Waals surface area contributed by atoms with Crippen molar-refractivity contribution < 1.29 is 9.90 Å². The van der Waals surface area contributed by atoms with Crippen LogP contribution in [-0.4, -0.2) is 29.6 Å². The number of fused-ring (bicyclic) bond motifs is 4. The van der Waals surface area contributed by atoms with Crippen LogP contribution in [0, 0.1) is 34.5 Å². The molecule has 1 aromatic rings. The number of rotatable bonds is 3. The minimum absolute atomic E-state index is 0.136. The molecule has 0 unspecified atom stereocenters. The van der Waals surface area contributed by atoms with Crippen molar-refractivity contribution >= 4 is 11.5 Å². The molecule has 5 rings (SSSR count). The first-order chi connectivity index (χ1) is 17.3. The zero-order chi connectivity index (χ0) is 26.8. The number of nitrogens with zero attached hydrogens (tertiary/aromatic N) is 1. The lowest BCUT2D eigenvalue weighted by Crippen LogP contribution is -2.51. The third-order valence-corrected chi connectivity index (χ3v) is 10.0. The van der Waals surface area contributed by atoms with Gasteiger partial charge in [-0.25, -0.2) is 0 Å². The Bertz CT molecular complexity index is 1200. The summed E-state index contributed by atoms with van der Waals surface area (Å²) >= 11 is 0. The van der Waals surface area contributed by atoms with Gasteiger partial charge in [0.1, 0.15) is 5.60 Å². The van der Waals surface area contributed by atoms with Crippen LogP contribution in [0.25, 0.3) is 0 Å². The van der Waals surface area contributed by atoms with Crippen molar-refractivity contribution in [3.8, 4) is 11.8 Å². The second-order valence-corrected chi connectivity index (χ2v) is 13.7. The Balaban J connectivity index is 1.63. The van der Waals surface area contributed by atoms with Crippen LogP contribution >= 0.6 is 0 Å². The Morgan fingerprint density at radius 3 is 2.43 bits per heavy atom. The van der Waals surface area contributed by atoms with E-state index in [2.05, 4.69) is 89.6 Å². The molecule has 0 saturated heterocycles. The predicted molar refractivity (Wildman–Crippen MR) is 152 cm³/mol. The van der Waals surface area contributed by atoms with Gasteiger partial charge in [0.2, 0.25) is 0 Å². The van der Waals surface area contributed by atoms with Crippen LogP contribution in [0.1, 0.15) is 98.0 Å². The minimum atomic E-state index is -0.962. The number of hydrogen-bond acceptors (Lipinski definition) is 3. The number of benzene rings is 1. The van der Waals surface area contributed by atoms with Crippen LogP contribution in [-0.2, 0) is 4.79 Å². The fourth-order valence-electron chi connectivity index (χ4n) is 7.70. The van der Waals surface area contributed by atoms with E-state index in [1.54, 1.807) is 5.57 Å². The second-order valence-electron chi connectivity index (χ2n) is 13.7. The van der Waals surface area contributed by atoms with Crippen LogP contribution in [0.15, 0.2) is 47.1 Å². The highest BCUT2D eigenvalue weighted by Gasteiger charge is 2.62. The van der Waals surface area contributed by atoms with Crippen molar-refractivity contribution in [1.29, 1.82) is 0 Å². The van der Waals surface area contributed by atoms with E-state index < -0.39 is 5.60 Å². The molecule has 0 amide bonds. The van der Waals surface area contributed by atoms with Crippen LogP contribution in [0.5, 0.6) is 0 Å². The van der Waals surface area contributed by atoms with E-state index in [9.17, 15) is 9.90 Å². The van der Waals surface area contributed by atoms with Crippen LogP contribution < -0.4 is 4.90 Å². The SMILES string of the molecule is CC(C)N(C)c1ccc([C@H]2C[C@@]3(C)[C@@H](CC[C@@]3(O)C#CC(C)(C)C)[C@@H]3CCC4=CC(=O)CCC4=C32)cc1. The van der Waals surface area contributed by atoms with E-state index in [1.165, 1.54) is 22.4 Å². The van der Waals surface area contributed by atoms with Gasteiger partial charge in [-0.15, -0.1) is 0 Å². The molecular formula is C34H45NO2. The monoisotopic (exact) mass is 499 g/mol. The quantitative estimate of drug-likeness (QED) is 0.447. The molecule has 4 aliphatic rings. The molecule has 3 nitrogen and oxygen atoms in total. The van der Waals surface area contributed by atoms with E-state index in [-0.39, 0.29) is 22.5 Å². The fraction of sp³-hybridized carbons (Fsp3) is 0.618. The Morgan fingerprint density at radius 2 is 1.78 bits per heavy atom. The number of carbonyl (C=O) groups excluding carboxylic acids is 1. The lowest BCUT2D eigenvalue weighted by Gasteiger charge is -2.53. The molecule has 0 heterocycles. The number of aliphatic hydroxyl groups is 1. The van der Waals surface area contributed by atoms with Crippen molar-refractivity contribution in [1.82, 2.24) is 0 Å². The Morgan fingerprint density at radius 1 is 1.08 bits per heavy atom. The highest BCUT2D eigenvalue weighted by atomic mass is 16.3. The lowest BCUT2D eigenvalue weighted by atomic mass is 9.51. The molecule has 3 heteroatoms. The van der Waals surface area contributed by atoms with Gasteiger partial charge in [0, 0.05) is 41.9 Å². The van der Waals surface area contributed by atoms with E-state index in [1.807, 2.05) is 6.08 Å². The molecule has 5 atom stereocenters. The van der Waals surface area contributed by atoms with Gasteiger partial charge in [-0.05, 0) is 120 Å². The van der Waals surface area contributed by atoms with E-state index in [0.717, 1.165) is 38.5 Å². The Hall–Kier alpha value is -2.31. The summed E-state index contributed by atoms with van der Waals surface area (Å²) in [4.78, 5) is 14.6. The summed E-state index contributed by atoms with van der Waals surface area (Å²) in [5.74, 6) is 8.24. The molecule has 1 aromatic carbocycles. The van der Waals surface area contributed by atoms with Gasteiger partial charge in [-0.1, -0.05) is 36.5 Å². The maximum absolute atomic E-state index is 12.3. The summed E-state index contributed by atoms with van der Waals surface area (Å²) in [5, 5.41) is 12.2. The van der Waals surface area contributed by atoms with Crippen molar-refractivity contribution in [2.24, 2.45) is 22.7 Å². The fourth-order valence-corrected chi connectivity index (χ4v) is 7.70. The summed E-state index contributed by atoms with van der Waals surface area (Å²) < 4.78 is 0. The highest BCUT2D eigenvalue weighted by Crippen LogP contribution is 2.66. The van der Waals surface area contributed by atoms with Gasteiger partial charge < -0.3 is 10.0 Å². The third-order valence-electron chi connectivity index (χ3n) is 10.0. The topological polar surface area (TPSA) is 40.5 Å². The molecular weight excluding hydrogens is 454 g/mol. The molecule has 198 valence electrons. The van der Waals surface area contributed by atoms with Gasteiger partial charge in [0.05, 0.1) is 0 Å². The standard InChI is InChI=1S/C34H45NO2/c1-22(2)35(7)25-11-8-23(9-12-25)29-21-33(6)30(16-17-34(33,37)19-18-32(3,4)5)28-14-10-24-20-26(36)13-15-27(24)31(28)29/h8-9,11-12,20,22,28-30,37H,10,13-17,21H2,1-7H3/t28-,29+,30-,33-,34+/m0/s1. The molecule has 0 aromatic heterocycles. The zero-order valence-electron chi connectivity index (χ0n) is 23.9. The van der Waals surface area contributed by atoms with Crippen molar-refractivity contribution in [2.45, 2.75) is 104 Å². The number of carbonyl (C=O) groups is 1. The molecule has 1 N–H and O–H groups in total. The average molecular weight is 500 g/mol. The van der Waals surface area contributed by atoms with Crippen LogP contribution in [0.4, 0.5) is 5.69 Å². The molecule has 0 radical (unpaired) electrons. The molecule has 0 aliphatic heterocycles. The molecule has 2 fully saturated rings. The number of hydrogen-bond donors (Lipinski definition) is 1. The highest BCUT2D eigenvalue weighted by molar-refractivity contribution is 5.93. The lowest BCUT2D eigenvalue weighted by molar-refractivity contribution is -0.114. The number of anilines is 1. The zero-order valence-corrected chi connectivity index (χ0v) is 23.9. The smallest absolute Gasteiger partial charge is 0.156 e. The van der Waals surface area contributed by atoms with Gasteiger partial charge in [0.15, 0.2) is 5.78 Å². The first-order valence-electron chi connectivity index (χ1n) is 14.4. The maximum Gasteiger partial charge on any atom is 0.156 e. The average Bonchev–Trinajstić information content (AvgIpc) is 3.11. The minimum Gasteiger partial charge on any atom is -0.377 e. The van der Waals surface area contributed by atoms with E-state index in [4.69, 9.17) is 0 Å². The van der Waals surface area contributed by atoms with Gasteiger partial charge in [-0.2, -0.15) is 0 Å². The summed E-state index contributed by atoms with van der Waals surface area (Å²) in [6.07, 6.45) is 8.18. The molecule has 0 spiro atoms. The van der Waals surface area contributed by atoms with Gasteiger partial charge >= 0.3 is 0 Å². The Labute approximate surface area is 224 Å². The van der Waals surface area contributed by atoms with Crippen molar-refractivity contribution in [3.63, 3.8) is 0 Å². The van der Waals surface area contributed by atoms with E-state index in [0.29, 0.717) is 24.3 Å². The molecule has 37 heavy (non-hydrogen) atoms.